The van der Waals surface area contributed by atoms with Gasteiger partial charge in [-0.2, -0.15) is 0 Å². The first-order valence-electron chi connectivity index (χ1n) is 9.04. The highest BCUT2D eigenvalue weighted by Crippen LogP contribution is 2.28. The van der Waals surface area contributed by atoms with Crippen molar-refractivity contribution in [3.63, 3.8) is 0 Å². The van der Waals surface area contributed by atoms with Crippen molar-refractivity contribution in [3.8, 4) is 0 Å². The molecule has 0 spiro atoms. The number of rotatable bonds is 5. The molecule has 138 valence electrons. The number of aromatic nitrogens is 1. The van der Waals surface area contributed by atoms with Gasteiger partial charge in [0.2, 0.25) is 5.91 Å². The lowest BCUT2D eigenvalue weighted by atomic mass is 10.1. The van der Waals surface area contributed by atoms with E-state index in [-0.39, 0.29) is 24.4 Å². The molecular formula is C21H20N2O3S. The zero-order valence-corrected chi connectivity index (χ0v) is 15.9. The fraction of sp³-hybridized carbons (Fsp3) is 0.286. The Morgan fingerprint density at radius 2 is 2.00 bits per heavy atom. The van der Waals surface area contributed by atoms with Crippen LogP contribution in [0.25, 0.3) is 10.2 Å². The highest BCUT2D eigenvalue weighted by Gasteiger charge is 2.21. The molecule has 0 saturated carbocycles. The monoisotopic (exact) mass is 380 g/mol. The lowest BCUT2D eigenvalue weighted by Crippen LogP contribution is -2.23. The van der Waals surface area contributed by atoms with Crippen LogP contribution in [0.1, 0.15) is 36.4 Å². The normalized spacial score (nSPS) is 15.3. The highest BCUT2D eigenvalue weighted by atomic mass is 32.1. The maximum Gasteiger partial charge on any atom is 0.310 e. The van der Waals surface area contributed by atoms with Crippen LogP contribution >= 0.6 is 11.3 Å². The van der Waals surface area contributed by atoms with Crippen molar-refractivity contribution in [2.45, 2.75) is 32.3 Å². The van der Waals surface area contributed by atoms with Gasteiger partial charge in [-0.1, -0.05) is 24.3 Å². The molecule has 0 N–H and O–H groups in total. The summed E-state index contributed by atoms with van der Waals surface area (Å²) in [4.78, 5) is 30.4. The van der Waals surface area contributed by atoms with Crippen LogP contribution in [0.4, 0.5) is 5.69 Å². The van der Waals surface area contributed by atoms with Gasteiger partial charge < -0.3 is 9.64 Å². The lowest BCUT2D eigenvalue weighted by molar-refractivity contribution is -0.147. The minimum absolute atomic E-state index is 0.159. The summed E-state index contributed by atoms with van der Waals surface area (Å²) in [5.41, 5.74) is 2.68. The number of hydrogen-bond acceptors (Lipinski definition) is 5. The molecule has 1 aromatic heterocycles. The summed E-state index contributed by atoms with van der Waals surface area (Å²) in [7, 11) is 0. The zero-order chi connectivity index (χ0) is 18.8. The maximum atomic E-state index is 12.3. The number of thiazole rings is 1. The molecule has 27 heavy (non-hydrogen) atoms. The third kappa shape index (κ3) is 3.85. The third-order valence-electron chi connectivity index (χ3n) is 4.64. The third-order valence-corrected chi connectivity index (χ3v) is 5.83. The van der Waals surface area contributed by atoms with Crippen molar-refractivity contribution < 1.29 is 14.3 Å². The molecule has 4 rings (SSSR count). The maximum absolute atomic E-state index is 12.3. The number of carbonyl (C=O) groups is 2. The quantitative estimate of drug-likeness (QED) is 0.620. The Labute approximate surface area is 161 Å². The minimum Gasteiger partial charge on any atom is -0.455 e. The van der Waals surface area contributed by atoms with E-state index in [1.807, 2.05) is 55.5 Å². The summed E-state index contributed by atoms with van der Waals surface area (Å²) in [5.74, 6) is -0.126. The van der Waals surface area contributed by atoms with E-state index in [1.54, 1.807) is 16.2 Å². The van der Waals surface area contributed by atoms with Gasteiger partial charge >= 0.3 is 5.97 Å². The van der Waals surface area contributed by atoms with E-state index in [1.165, 1.54) is 0 Å². The Morgan fingerprint density at radius 3 is 2.70 bits per heavy atom. The predicted octanol–water partition coefficient (Wildman–Crippen LogP) is 4.27. The Balaban J connectivity index is 1.37. The number of anilines is 1. The summed E-state index contributed by atoms with van der Waals surface area (Å²) in [5, 5.41) is 0.799. The van der Waals surface area contributed by atoms with Crippen LogP contribution in [0.5, 0.6) is 0 Å². The smallest absolute Gasteiger partial charge is 0.310 e. The molecule has 1 aliphatic heterocycles. The molecule has 0 radical (unpaired) electrons. The first-order chi connectivity index (χ1) is 13.1. The Bertz CT molecular complexity index is 948. The molecule has 0 bridgehead atoms. The van der Waals surface area contributed by atoms with E-state index < -0.39 is 0 Å². The van der Waals surface area contributed by atoms with Crippen LogP contribution in [0.2, 0.25) is 0 Å². The SMILES string of the molecule is CC(OC(=O)Cc1ccc(N2CCCC2=O)cc1)c1nc2ccccc2s1. The topological polar surface area (TPSA) is 59.5 Å². The van der Waals surface area contributed by atoms with Crippen molar-refractivity contribution >= 4 is 39.1 Å². The average molecular weight is 380 g/mol. The summed E-state index contributed by atoms with van der Waals surface area (Å²) in [6.07, 6.45) is 1.33. The van der Waals surface area contributed by atoms with Crippen molar-refractivity contribution in [2.24, 2.45) is 0 Å². The van der Waals surface area contributed by atoms with Crippen LogP contribution < -0.4 is 4.90 Å². The van der Waals surface area contributed by atoms with E-state index in [9.17, 15) is 9.59 Å². The van der Waals surface area contributed by atoms with Crippen LogP contribution in [0, 0.1) is 0 Å². The van der Waals surface area contributed by atoms with Gasteiger partial charge in [0.1, 0.15) is 5.01 Å². The van der Waals surface area contributed by atoms with Gasteiger partial charge in [0.15, 0.2) is 6.10 Å². The van der Waals surface area contributed by atoms with Gasteiger partial charge in [-0.25, -0.2) is 4.98 Å². The van der Waals surface area contributed by atoms with Crippen LogP contribution in [-0.2, 0) is 20.7 Å². The van der Waals surface area contributed by atoms with E-state index in [0.29, 0.717) is 6.42 Å². The van der Waals surface area contributed by atoms with Gasteiger partial charge in [-0.15, -0.1) is 11.3 Å². The van der Waals surface area contributed by atoms with Gasteiger partial charge in [-0.3, -0.25) is 9.59 Å². The summed E-state index contributed by atoms with van der Waals surface area (Å²) in [6.45, 7) is 2.61. The molecule has 6 heteroatoms. The van der Waals surface area contributed by atoms with Crippen molar-refractivity contribution in [1.29, 1.82) is 0 Å². The number of carbonyl (C=O) groups excluding carboxylic acids is 2. The molecule has 0 aliphatic carbocycles. The van der Waals surface area contributed by atoms with E-state index in [2.05, 4.69) is 4.98 Å². The molecule has 1 aliphatic rings. The Hall–Kier alpha value is -2.73. The van der Waals surface area contributed by atoms with Crippen molar-refractivity contribution in [1.82, 2.24) is 4.98 Å². The molecule has 1 amide bonds. The number of amides is 1. The predicted molar refractivity (Wildman–Crippen MR) is 106 cm³/mol. The van der Waals surface area contributed by atoms with Gasteiger partial charge in [0, 0.05) is 18.7 Å². The van der Waals surface area contributed by atoms with E-state index in [0.717, 1.165) is 39.4 Å². The number of fused-ring (bicyclic) bond motifs is 1. The number of ether oxygens (including phenoxy) is 1. The molecule has 1 saturated heterocycles. The molecule has 1 unspecified atom stereocenters. The minimum atomic E-state index is -0.378. The summed E-state index contributed by atoms with van der Waals surface area (Å²) < 4.78 is 6.65. The number of esters is 1. The second kappa shape index (κ2) is 7.48. The molecule has 3 aromatic rings. The highest BCUT2D eigenvalue weighted by molar-refractivity contribution is 7.18. The number of benzene rings is 2. The molecule has 2 aromatic carbocycles. The number of nitrogens with zero attached hydrogens (tertiary/aromatic N) is 2. The van der Waals surface area contributed by atoms with Gasteiger partial charge in [0.05, 0.1) is 16.6 Å². The van der Waals surface area contributed by atoms with Crippen molar-refractivity contribution in [2.75, 3.05) is 11.4 Å². The Morgan fingerprint density at radius 1 is 1.22 bits per heavy atom. The fourth-order valence-electron chi connectivity index (χ4n) is 3.23. The molecule has 1 atom stereocenters. The summed E-state index contributed by atoms with van der Waals surface area (Å²) in [6, 6.07) is 15.4. The number of hydrogen-bond donors (Lipinski definition) is 0. The second-order valence-corrected chi connectivity index (χ2v) is 7.71. The van der Waals surface area contributed by atoms with Crippen LogP contribution in [0.15, 0.2) is 48.5 Å². The standard InChI is InChI=1S/C21H20N2O3S/c1-14(21-22-17-5-2-3-6-18(17)27-21)26-20(25)13-15-8-10-16(11-9-15)23-12-4-7-19(23)24/h2-3,5-6,8-11,14H,4,7,12-13H2,1H3. The number of para-hydroxylation sites is 1. The zero-order valence-electron chi connectivity index (χ0n) is 15.1. The fourth-order valence-corrected chi connectivity index (χ4v) is 4.18. The molecular weight excluding hydrogens is 360 g/mol. The molecule has 2 heterocycles. The van der Waals surface area contributed by atoms with Gasteiger partial charge in [0.25, 0.3) is 0 Å². The second-order valence-electron chi connectivity index (χ2n) is 6.64. The largest absolute Gasteiger partial charge is 0.455 e. The Kier molecular flexibility index (Phi) is 4.90. The first-order valence-corrected chi connectivity index (χ1v) is 9.86. The molecule has 5 nitrogen and oxygen atoms in total. The lowest BCUT2D eigenvalue weighted by Gasteiger charge is -2.16. The first kappa shape index (κ1) is 17.7. The molecule has 1 fully saturated rings. The van der Waals surface area contributed by atoms with E-state index in [4.69, 9.17) is 4.74 Å². The average Bonchev–Trinajstić information content (AvgIpc) is 3.28. The van der Waals surface area contributed by atoms with E-state index >= 15 is 0 Å². The van der Waals surface area contributed by atoms with Gasteiger partial charge in [-0.05, 0) is 43.2 Å². The van der Waals surface area contributed by atoms with Crippen LogP contribution in [0.3, 0.4) is 0 Å². The summed E-state index contributed by atoms with van der Waals surface area (Å²) >= 11 is 1.54. The van der Waals surface area contributed by atoms with Crippen molar-refractivity contribution in [3.05, 3.63) is 59.1 Å². The van der Waals surface area contributed by atoms with Crippen LogP contribution in [-0.4, -0.2) is 23.4 Å².